The molecule has 1 aromatic rings. The lowest BCUT2D eigenvalue weighted by molar-refractivity contribution is 0.634. The van der Waals surface area contributed by atoms with Gasteiger partial charge in [0.05, 0.1) is 5.69 Å². The van der Waals surface area contributed by atoms with Crippen molar-refractivity contribution < 1.29 is 0 Å². The molecule has 78 valence electrons. The van der Waals surface area contributed by atoms with Crippen LogP contribution in [0.15, 0.2) is 18.6 Å². The highest BCUT2D eigenvalue weighted by atomic mass is 32.2. The van der Waals surface area contributed by atoms with Crippen molar-refractivity contribution in [1.82, 2.24) is 15.3 Å². The van der Waals surface area contributed by atoms with Gasteiger partial charge in [-0.05, 0) is 37.5 Å². The Hall–Kier alpha value is -0.610. The Bertz CT molecular complexity index is 228. The van der Waals surface area contributed by atoms with Crippen molar-refractivity contribution in [1.29, 1.82) is 0 Å². The topological polar surface area (TPSA) is 37.8 Å². The van der Waals surface area contributed by atoms with E-state index in [0.717, 1.165) is 18.8 Å². The third-order valence-electron chi connectivity index (χ3n) is 1.90. The number of aromatic nitrogens is 2. The van der Waals surface area contributed by atoms with E-state index >= 15 is 0 Å². The molecule has 0 saturated carbocycles. The smallest absolute Gasteiger partial charge is 0.115 e. The second-order valence-corrected chi connectivity index (χ2v) is 4.06. The molecule has 1 rings (SSSR count). The van der Waals surface area contributed by atoms with Gasteiger partial charge in [0.1, 0.15) is 6.33 Å². The Morgan fingerprint density at radius 3 is 3.07 bits per heavy atom. The Kier molecular flexibility index (Phi) is 6.36. The maximum atomic E-state index is 4.13. The van der Waals surface area contributed by atoms with E-state index in [1.165, 1.54) is 18.6 Å². The number of nitrogens with one attached hydrogen (secondary N) is 1. The highest BCUT2D eigenvalue weighted by Gasteiger charge is 1.92. The Morgan fingerprint density at radius 1 is 1.43 bits per heavy atom. The van der Waals surface area contributed by atoms with Gasteiger partial charge in [0, 0.05) is 12.7 Å². The van der Waals surface area contributed by atoms with E-state index in [2.05, 4.69) is 21.5 Å². The molecule has 0 saturated heterocycles. The number of thioether (sulfide) groups is 1. The van der Waals surface area contributed by atoms with Crippen molar-refractivity contribution in [3.8, 4) is 0 Å². The number of hydrogen-bond donors (Lipinski definition) is 1. The molecule has 1 N–H and O–H groups in total. The molecule has 1 heterocycles. The van der Waals surface area contributed by atoms with Crippen molar-refractivity contribution in [2.24, 2.45) is 0 Å². The standard InChI is InChI=1S/C10H17N3S/c1-14-7-3-2-5-11-8-10-4-6-12-9-13-10/h4,6,9,11H,2-3,5,7-8H2,1H3. The first-order valence-electron chi connectivity index (χ1n) is 4.88. The van der Waals surface area contributed by atoms with E-state index in [4.69, 9.17) is 0 Å². The number of rotatable bonds is 7. The summed E-state index contributed by atoms with van der Waals surface area (Å²) >= 11 is 1.91. The molecule has 0 unspecified atom stereocenters. The van der Waals surface area contributed by atoms with Gasteiger partial charge in [-0.3, -0.25) is 0 Å². The summed E-state index contributed by atoms with van der Waals surface area (Å²) in [5.74, 6) is 1.26. The van der Waals surface area contributed by atoms with Crippen LogP contribution in [0.5, 0.6) is 0 Å². The summed E-state index contributed by atoms with van der Waals surface area (Å²) < 4.78 is 0. The predicted octanol–water partition coefficient (Wildman–Crippen LogP) is 1.71. The maximum absolute atomic E-state index is 4.13. The average Bonchev–Trinajstić information content (AvgIpc) is 2.25. The van der Waals surface area contributed by atoms with Crippen LogP contribution < -0.4 is 5.32 Å². The van der Waals surface area contributed by atoms with E-state index in [0.29, 0.717) is 0 Å². The van der Waals surface area contributed by atoms with Crippen LogP contribution in [0.3, 0.4) is 0 Å². The van der Waals surface area contributed by atoms with Crippen LogP contribution in [0.25, 0.3) is 0 Å². The normalized spacial score (nSPS) is 10.4. The Balaban J connectivity index is 1.99. The summed E-state index contributed by atoms with van der Waals surface area (Å²) in [6.07, 6.45) is 8.04. The van der Waals surface area contributed by atoms with Gasteiger partial charge in [-0.25, -0.2) is 9.97 Å². The van der Waals surface area contributed by atoms with Crippen molar-refractivity contribution in [2.75, 3.05) is 18.6 Å². The van der Waals surface area contributed by atoms with E-state index in [-0.39, 0.29) is 0 Å². The molecule has 0 fully saturated rings. The van der Waals surface area contributed by atoms with Crippen molar-refractivity contribution in [2.45, 2.75) is 19.4 Å². The minimum absolute atomic E-state index is 0.849. The highest BCUT2D eigenvalue weighted by Crippen LogP contribution is 1.98. The summed E-state index contributed by atoms with van der Waals surface area (Å²) in [6.45, 7) is 1.92. The highest BCUT2D eigenvalue weighted by molar-refractivity contribution is 7.98. The van der Waals surface area contributed by atoms with Gasteiger partial charge < -0.3 is 5.32 Å². The van der Waals surface area contributed by atoms with Crippen LogP contribution in [0.4, 0.5) is 0 Å². The van der Waals surface area contributed by atoms with Crippen LogP contribution >= 0.6 is 11.8 Å². The van der Waals surface area contributed by atoms with Gasteiger partial charge in [0.15, 0.2) is 0 Å². The second kappa shape index (κ2) is 7.76. The number of nitrogens with zero attached hydrogens (tertiary/aromatic N) is 2. The van der Waals surface area contributed by atoms with Crippen LogP contribution in [0.1, 0.15) is 18.5 Å². The molecule has 0 bridgehead atoms. The van der Waals surface area contributed by atoms with Gasteiger partial charge in [-0.2, -0.15) is 11.8 Å². The molecule has 0 aliphatic heterocycles. The third-order valence-corrected chi connectivity index (χ3v) is 2.60. The van der Waals surface area contributed by atoms with Crippen molar-refractivity contribution in [3.63, 3.8) is 0 Å². The molecular weight excluding hydrogens is 194 g/mol. The molecule has 0 aliphatic rings. The minimum atomic E-state index is 0.849. The van der Waals surface area contributed by atoms with E-state index < -0.39 is 0 Å². The van der Waals surface area contributed by atoms with Crippen LogP contribution in [0.2, 0.25) is 0 Å². The second-order valence-electron chi connectivity index (χ2n) is 3.08. The lowest BCUT2D eigenvalue weighted by Gasteiger charge is -2.02. The maximum Gasteiger partial charge on any atom is 0.115 e. The van der Waals surface area contributed by atoms with Crippen LogP contribution in [-0.2, 0) is 6.54 Å². The molecular formula is C10H17N3S. The van der Waals surface area contributed by atoms with Crippen molar-refractivity contribution >= 4 is 11.8 Å². The SMILES string of the molecule is CSCCCCNCc1ccncn1. The number of hydrogen-bond acceptors (Lipinski definition) is 4. The predicted molar refractivity (Wildman–Crippen MR) is 61.4 cm³/mol. The zero-order valence-electron chi connectivity index (χ0n) is 8.57. The van der Waals surface area contributed by atoms with E-state index in [1.807, 2.05) is 17.8 Å². The van der Waals surface area contributed by atoms with E-state index in [1.54, 1.807) is 12.5 Å². The summed E-state index contributed by atoms with van der Waals surface area (Å²) in [5, 5.41) is 3.36. The molecule has 1 aromatic heterocycles. The molecule has 0 amide bonds. The first-order valence-corrected chi connectivity index (χ1v) is 6.27. The Labute approximate surface area is 89.7 Å². The van der Waals surface area contributed by atoms with Gasteiger partial charge in [0.25, 0.3) is 0 Å². The fourth-order valence-corrected chi connectivity index (χ4v) is 1.63. The monoisotopic (exact) mass is 211 g/mol. The van der Waals surface area contributed by atoms with Gasteiger partial charge in [-0.15, -0.1) is 0 Å². The molecule has 0 aromatic carbocycles. The summed E-state index contributed by atoms with van der Waals surface area (Å²) in [4.78, 5) is 8.01. The quantitative estimate of drug-likeness (QED) is 0.697. The van der Waals surface area contributed by atoms with Gasteiger partial charge in [-0.1, -0.05) is 0 Å². The molecule has 3 nitrogen and oxygen atoms in total. The van der Waals surface area contributed by atoms with Crippen LogP contribution in [0, 0.1) is 0 Å². The molecule has 0 radical (unpaired) electrons. The van der Waals surface area contributed by atoms with Gasteiger partial charge >= 0.3 is 0 Å². The average molecular weight is 211 g/mol. The molecule has 14 heavy (non-hydrogen) atoms. The zero-order chi connectivity index (χ0) is 10.1. The van der Waals surface area contributed by atoms with Crippen molar-refractivity contribution in [3.05, 3.63) is 24.3 Å². The van der Waals surface area contributed by atoms with E-state index in [9.17, 15) is 0 Å². The Morgan fingerprint density at radius 2 is 2.36 bits per heavy atom. The van der Waals surface area contributed by atoms with Crippen LogP contribution in [-0.4, -0.2) is 28.5 Å². The third kappa shape index (κ3) is 5.19. The van der Waals surface area contributed by atoms with Gasteiger partial charge in [0.2, 0.25) is 0 Å². The lowest BCUT2D eigenvalue weighted by atomic mass is 10.3. The summed E-state index contributed by atoms with van der Waals surface area (Å²) in [7, 11) is 0. The molecule has 0 atom stereocenters. The summed E-state index contributed by atoms with van der Waals surface area (Å²) in [6, 6.07) is 1.94. The summed E-state index contributed by atoms with van der Waals surface area (Å²) in [5.41, 5.74) is 1.06. The first-order chi connectivity index (χ1) is 6.93. The zero-order valence-corrected chi connectivity index (χ0v) is 9.39. The minimum Gasteiger partial charge on any atom is -0.311 e. The largest absolute Gasteiger partial charge is 0.311 e. The lowest BCUT2D eigenvalue weighted by Crippen LogP contribution is -2.15. The number of unbranched alkanes of at least 4 members (excludes halogenated alkanes) is 1. The fourth-order valence-electron chi connectivity index (χ4n) is 1.14. The fraction of sp³-hybridized carbons (Fsp3) is 0.600. The molecule has 4 heteroatoms. The first kappa shape index (κ1) is 11.5. The molecule has 0 aliphatic carbocycles. The molecule has 0 spiro atoms.